The fourth-order valence-corrected chi connectivity index (χ4v) is 3.11. The molecule has 2 rings (SSSR count). The minimum atomic E-state index is -0.179. The van der Waals surface area contributed by atoms with Crippen LogP contribution in [0.15, 0.2) is 34.5 Å². The van der Waals surface area contributed by atoms with Gasteiger partial charge in [-0.2, -0.15) is 5.26 Å². The summed E-state index contributed by atoms with van der Waals surface area (Å²) in [7, 11) is 1.58. The number of methoxy groups -OCH3 is 1. The molecule has 1 aromatic carbocycles. The Bertz CT molecular complexity index is 692. The number of amides is 1. The molecule has 0 radical (unpaired) electrons. The van der Waals surface area contributed by atoms with Crippen LogP contribution in [0.3, 0.4) is 0 Å². The van der Waals surface area contributed by atoms with Crippen LogP contribution in [0, 0.1) is 11.3 Å². The van der Waals surface area contributed by atoms with Crippen molar-refractivity contribution >= 4 is 39.7 Å². The van der Waals surface area contributed by atoms with Crippen molar-refractivity contribution in [1.82, 2.24) is 0 Å². The Labute approximate surface area is 130 Å². The maximum absolute atomic E-state index is 11.9. The van der Waals surface area contributed by atoms with Crippen LogP contribution in [0.5, 0.6) is 5.75 Å². The highest BCUT2D eigenvalue weighted by molar-refractivity contribution is 8.00. The predicted octanol–water partition coefficient (Wildman–Crippen LogP) is 2.94. The number of nitrogens with one attached hydrogen (secondary N) is 1. The van der Waals surface area contributed by atoms with Crippen molar-refractivity contribution in [2.45, 2.75) is 4.90 Å². The van der Waals surface area contributed by atoms with E-state index < -0.39 is 0 Å². The highest BCUT2D eigenvalue weighted by Gasteiger charge is 2.10. The number of carbonyl (C=O) groups excluding carboxylic acids is 1. The molecule has 0 aliphatic carbocycles. The fourth-order valence-electron chi connectivity index (χ4n) is 1.57. The third-order valence-corrected chi connectivity index (χ3v) is 4.52. The van der Waals surface area contributed by atoms with Gasteiger partial charge in [0.05, 0.1) is 18.4 Å². The van der Waals surface area contributed by atoms with Gasteiger partial charge >= 0.3 is 0 Å². The number of anilines is 2. The molecule has 7 heteroatoms. The molecule has 1 heterocycles. The summed E-state index contributed by atoms with van der Waals surface area (Å²) in [5.41, 5.74) is 6.93. The van der Waals surface area contributed by atoms with Crippen molar-refractivity contribution in [2.24, 2.45) is 0 Å². The van der Waals surface area contributed by atoms with Gasteiger partial charge in [0.15, 0.2) is 0 Å². The Morgan fingerprint density at radius 2 is 2.33 bits per heavy atom. The van der Waals surface area contributed by atoms with Crippen LogP contribution in [0.2, 0.25) is 0 Å². The number of thiophene rings is 1. The number of rotatable bonds is 5. The molecule has 0 aliphatic heterocycles. The number of hydrogen-bond acceptors (Lipinski definition) is 6. The maximum atomic E-state index is 11.9. The average Bonchev–Trinajstić information content (AvgIpc) is 2.93. The number of ether oxygens (including phenoxy) is 1. The summed E-state index contributed by atoms with van der Waals surface area (Å²) in [5.74, 6) is 0.721. The fraction of sp³-hybridized carbons (Fsp3) is 0.143. The highest BCUT2D eigenvalue weighted by Crippen LogP contribution is 2.29. The summed E-state index contributed by atoms with van der Waals surface area (Å²) in [4.78, 5) is 12.7. The molecular formula is C14H13N3O2S2. The highest BCUT2D eigenvalue weighted by atomic mass is 32.2. The van der Waals surface area contributed by atoms with Crippen molar-refractivity contribution in [3.05, 3.63) is 35.2 Å². The van der Waals surface area contributed by atoms with Crippen molar-refractivity contribution in [1.29, 1.82) is 5.26 Å². The number of benzene rings is 1. The van der Waals surface area contributed by atoms with Gasteiger partial charge in [0, 0.05) is 10.6 Å². The summed E-state index contributed by atoms with van der Waals surface area (Å²) < 4.78 is 5.13. The summed E-state index contributed by atoms with van der Waals surface area (Å²) in [6, 6.07) is 9.01. The smallest absolute Gasteiger partial charge is 0.235 e. The van der Waals surface area contributed by atoms with Crippen molar-refractivity contribution in [3.8, 4) is 11.8 Å². The van der Waals surface area contributed by atoms with Crippen LogP contribution in [-0.4, -0.2) is 18.8 Å². The van der Waals surface area contributed by atoms with E-state index in [1.54, 1.807) is 36.8 Å². The standard InChI is InChI=1S/C14H13N3O2S2/c1-19-10-2-3-11(16)12(6-10)21-8-13(18)17-14-9(7-15)4-5-20-14/h2-6H,8,16H2,1H3,(H,17,18). The summed E-state index contributed by atoms with van der Waals surface area (Å²) in [6.07, 6.45) is 0. The van der Waals surface area contributed by atoms with E-state index in [1.807, 2.05) is 6.07 Å². The van der Waals surface area contributed by atoms with Crippen LogP contribution < -0.4 is 15.8 Å². The molecule has 0 atom stereocenters. The number of nitrogens with two attached hydrogens (primary N) is 1. The monoisotopic (exact) mass is 319 g/mol. The lowest BCUT2D eigenvalue weighted by Gasteiger charge is -2.08. The molecule has 3 N–H and O–H groups in total. The lowest BCUT2D eigenvalue weighted by molar-refractivity contribution is -0.113. The zero-order valence-corrected chi connectivity index (χ0v) is 12.9. The van der Waals surface area contributed by atoms with Gasteiger partial charge in [-0.25, -0.2) is 0 Å². The van der Waals surface area contributed by atoms with E-state index in [-0.39, 0.29) is 11.7 Å². The van der Waals surface area contributed by atoms with E-state index in [1.165, 1.54) is 23.1 Å². The van der Waals surface area contributed by atoms with Crippen LogP contribution in [-0.2, 0) is 4.79 Å². The first-order valence-corrected chi connectivity index (χ1v) is 7.84. The molecular weight excluding hydrogens is 306 g/mol. The van der Waals surface area contributed by atoms with Gasteiger partial charge < -0.3 is 15.8 Å². The van der Waals surface area contributed by atoms with Crippen molar-refractivity contribution in [2.75, 3.05) is 23.9 Å². The van der Waals surface area contributed by atoms with Gasteiger partial charge in [-0.1, -0.05) is 0 Å². The van der Waals surface area contributed by atoms with Gasteiger partial charge in [0.2, 0.25) is 5.91 Å². The molecule has 0 fully saturated rings. The minimum absolute atomic E-state index is 0.179. The molecule has 0 saturated heterocycles. The maximum Gasteiger partial charge on any atom is 0.235 e. The summed E-state index contributed by atoms with van der Waals surface area (Å²) in [5, 5.41) is 14.0. The van der Waals surface area contributed by atoms with E-state index in [2.05, 4.69) is 5.32 Å². The normalized spacial score (nSPS) is 9.90. The second-order valence-electron chi connectivity index (χ2n) is 4.02. The van der Waals surface area contributed by atoms with E-state index in [4.69, 9.17) is 15.7 Å². The largest absolute Gasteiger partial charge is 0.497 e. The molecule has 1 amide bonds. The Hall–Kier alpha value is -2.17. The topological polar surface area (TPSA) is 88.1 Å². The number of thioether (sulfide) groups is 1. The molecule has 0 aliphatic rings. The van der Waals surface area contributed by atoms with Gasteiger partial charge in [-0.05, 0) is 29.6 Å². The average molecular weight is 319 g/mol. The third-order valence-electron chi connectivity index (χ3n) is 2.62. The molecule has 5 nitrogen and oxygen atoms in total. The van der Waals surface area contributed by atoms with Crippen LogP contribution in [0.25, 0.3) is 0 Å². The molecule has 0 spiro atoms. The second kappa shape index (κ2) is 7.02. The number of nitrogen functional groups attached to an aromatic ring is 1. The quantitative estimate of drug-likeness (QED) is 0.653. The van der Waals surface area contributed by atoms with Gasteiger partial charge in [0.1, 0.15) is 16.8 Å². The Balaban J connectivity index is 1.97. The first-order valence-electron chi connectivity index (χ1n) is 5.97. The zero-order chi connectivity index (χ0) is 15.2. The molecule has 21 heavy (non-hydrogen) atoms. The lowest BCUT2D eigenvalue weighted by Crippen LogP contribution is -2.13. The molecule has 0 bridgehead atoms. The SMILES string of the molecule is COc1ccc(N)c(SCC(=O)Nc2sccc2C#N)c1. The van der Waals surface area contributed by atoms with E-state index in [0.29, 0.717) is 22.0 Å². The van der Waals surface area contributed by atoms with Crippen LogP contribution in [0.1, 0.15) is 5.56 Å². The van der Waals surface area contributed by atoms with Gasteiger partial charge in [-0.3, -0.25) is 4.79 Å². The van der Waals surface area contributed by atoms with E-state index >= 15 is 0 Å². The number of hydrogen-bond donors (Lipinski definition) is 2. The predicted molar refractivity (Wildman–Crippen MR) is 85.8 cm³/mol. The Kier molecular flexibility index (Phi) is 5.09. The summed E-state index contributed by atoms with van der Waals surface area (Å²) >= 11 is 2.65. The van der Waals surface area contributed by atoms with Crippen LogP contribution >= 0.6 is 23.1 Å². The first kappa shape index (κ1) is 15.2. The second-order valence-corrected chi connectivity index (χ2v) is 5.95. The van der Waals surface area contributed by atoms with Gasteiger partial charge in [-0.15, -0.1) is 23.1 Å². The molecule has 108 valence electrons. The zero-order valence-electron chi connectivity index (χ0n) is 11.3. The van der Waals surface area contributed by atoms with E-state index in [9.17, 15) is 4.79 Å². The number of nitrogens with zero attached hydrogens (tertiary/aromatic N) is 1. The van der Waals surface area contributed by atoms with Crippen LogP contribution in [0.4, 0.5) is 10.7 Å². The third kappa shape index (κ3) is 3.90. The van der Waals surface area contributed by atoms with Crippen molar-refractivity contribution in [3.63, 3.8) is 0 Å². The summed E-state index contributed by atoms with van der Waals surface area (Å²) in [6.45, 7) is 0. The number of carbonyl (C=O) groups is 1. The molecule has 0 unspecified atom stereocenters. The molecule has 2 aromatic rings. The molecule has 1 aromatic heterocycles. The van der Waals surface area contributed by atoms with Gasteiger partial charge in [0.25, 0.3) is 0 Å². The molecule has 0 saturated carbocycles. The number of nitriles is 1. The minimum Gasteiger partial charge on any atom is -0.497 e. The first-order chi connectivity index (χ1) is 10.1. The lowest BCUT2D eigenvalue weighted by atomic mass is 10.3. The van der Waals surface area contributed by atoms with Crippen molar-refractivity contribution < 1.29 is 9.53 Å². The Morgan fingerprint density at radius 1 is 1.52 bits per heavy atom. The Morgan fingerprint density at radius 3 is 3.05 bits per heavy atom. The van der Waals surface area contributed by atoms with E-state index in [0.717, 1.165) is 4.90 Å².